The summed E-state index contributed by atoms with van der Waals surface area (Å²) < 4.78 is 32.9. The van der Waals surface area contributed by atoms with Crippen molar-refractivity contribution in [3.8, 4) is 0 Å². The molecule has 0 bridgehead atoms. The first-order valence-electron chi connectivity index (χ1n) is 10.00. The Hall–Kier alpha value is -1.71. The number of anilines is 1. The summed E-state index contributed by atoms with van der Waals surface area (Å²) >= 11 is 0. The van der Waals surface area contributed by atoms with E-state index >= 15 is 0 Å². The van der Waals surface area contributed by atoms with Crippen molar-refractivity contribution in [3.05, 3.63) is 18.1 Å². The van der Waals surface area contributed by atoms with Gasteiger partial charge in [-0.2, -0.15) is 0 Å². The Balaban J connectivity index is 1.71. The van der Waals surface area contributed by atoms with Crippen LogP contribution in [0.2, 0.25) is 0 Å². The Morgan fingerprint density at radius 3 is 2.43 bits per heavy atom. The molecule has 0 aromatic carbocycles. The predicted molar refractivity (Wildman–Crippen MR) is 109 cm³/mol. The highest BCUT2D eigenvalue weighted by Crippen LogP contribution is 2.34. The van der Waals surface area contributed by atoms with Gasteiger partial charge in [0.25, 0.3) is 0 Å². The number of piperidine rings is 1. The zero-order valence-corrected chi connectivity index (χ0v) is 17.7. The molecule has 4 heterocycles. The molecule has 0 saturated carbocycles. The lowest BCUT2D eigenvalue weighted by Crippen LogP contribution is -2.38. The van der Waals surface area contributed by atoms with Gasteiger partial charge in [0, 0.05) is 43.8 Å². The third-order valence-corrected chi connectivity index (χ3v) is 7.07. The van der Waals surface area contributed by atoms with Crippen molar-refractivity contribution in [2.45, 2.75) is 38.6 Å². The van der Waals surface area contributed by atoms with Crippen LogP contribution < -0.4 is 4.90 Å². The maximum Gasteiger partial charge on any atom is 0.211 e. The van der Waals surface area contributed by atoms with Crippen LogP contribution in [-0.2, 0) is 14.8 Å². The van der Waals surface area contributed by atoms with Gasteiger partial charge in [-0.15, -0.1) is 0 Å². The Morgan fingerprint density at radius 1 is 1.14 bits per heavy atom. The first-order valence-corrected chi connectivity index (χ1v) is 11.8. The van der Waals surface area contributed by atoms with Gasteiger partial charge in [0.2, 0.25) is 10.0 Å². The number of hydrogen-bond acceptors (Lipinski definition) is 6. The molecule has 0 unspecified atom stereocenters. The van der Waals surface area contributed by atoms with Crippen molar-refractivity contribution in [2.75, 3.05) is 50.5 Å². The summed E-state index contributed by atoms with van der Waals surface area (Å²) in [4.78, 5) is 12.0. The number of pyridine rings is 1. The normalized spacial score (nSPS) is 20.4. The van der Waals surface area contributed by atoms with Gasteiger partial charge in [-0.1, -0.05) is 0 Å². The molecule has 8 nitrogen and oxygen atoms in total. The van der Waals surface area contributed by atoms with E-state index in [1.54, 1.807) is 4.31 Å². The number of nitrogens with zero attached hydrogens (tertiary/aromatic N) is 5. The minimum atomic E-state index is -3.12. The molecule has 2 aromatic heterocycles. The summed E-state index contributed by atoms with van der Waals surface area (Å²) in [6.07, 6.45) is 4.78. The average molecular weight is 408 g/mol. The maximum atomic E-state index is 11.8. The molecule has 0 spiro atoms. The lowest BCUT2D eigenvalue weighted by atomic mass is 9.94. The molecule has 4 rings (SSSR count). The molecule has 0 amide bonds. The third-order valence-electron chi connectivity index (χ3n) is 5.77. The van der Waals surface area contributed by atoms with E-state index in [1.165, 1.54) is 6.26 Å². The highest BCUT2D eigenvalue weighted by atomic mass is 32.2. The lowest BCUT2D eigenvalue weighted by Gasteiger charge is -2.32. The second-order valence-electron chi connectivity index (χ2n) is 8.02. The topological polar surface area (TPSA) is 80.6 Å². The van der Waals surface area contributed by atoms with Crippen molar-refractivity contribution in [3.63, 3.8) is 0 Å². The first kappa shape index (κ1) is 19.6. The minimum absolute atomic E-state index is 0.262. The summed E-state index contributed by atoms with van der Waals surface area (Å²) in [5.41, 5.74) is 3.09. The second-order valence-corrected chi connectivity index (χ2v) is 10.0. The van der Waals surface area contributed by atoms with Crippen molar-refractivity contribution in [2.24, 2.45) is 0 Å². The predicted octanol–water partition coefficient (Wildman–Crippen LogP) is 1.99. The summed E-state index contributed by atoms with van der Waals surface area (Å²) in [6.45, 7) is 8.44. The summed E-state index contributed by atoms with van der Waals surface area (Å²) in [6, 6.07) is 2.47. The Kier molecular flexibility index (Phi) is 5.32. The van der Waals surface area contributed by atoms with Crippen molar-refractivity contribution >= 4 is 26.9 Å². The summed E-state index contributed by atoms with van der Waals surface area (Å²) in [5, 5.41) is 0. The Labute approximate surface area is 166 Å². The zero-order valence-electron chi connectivity index (χ0n) is 16.8. The molecule has 2 aliphatic heterocycles. The van der Waals surface area contributed by atoms with Gasteiger partial charge >= 0.3 is 0 Å². The number of morpholine rings is 1. The number of rotatable bonds is 4. The Morgan fingerprint density at radius 2 is 1.82 bits per heavy atom. The van der Waals surface area contributed by atoms with Crippen LogP contribution in [0.3, 0.4) is 0 Å². The maximum absolute atomic E-state index is 11.8. The molecule has 9 heteroatoms. The Bertz CT molecular complexity index is 942. The van der Waals surface area contributed by atoms with Crippen LogP contribution in [0.25, 0.3) is 11.0 Å². The largest absolute Gasteiger partial charge is 0.378 e. The van der Waals surface area contributed by atoms with Crippen LogP contribution in [0.1, 0.15) is 44.3 Å². The standard InChI is InChI=1S/C19H29N5O3S/c1-14(2)24-13-20-18-17(24)12-16(21-19(18)22-8-10-27-11-9-22)15-4-6-23(7-5-15)28(3,25)26/h12-15H,4-11H2,1-3H3. The van der Waals surface area contributed by atoms with Gasteiger partial charge < -0.3 is 14.2 Å². The van der Waals surface area contributed by atoms with Gasteiger partial charge in [0.15, 0.2) is 5.82 Å². The molecule has 2 fully saturated rings. The van der Waals surface area contributed by atoms with E-state index in [2.05, 4.69) is 34.4 Å². The fourth-order valence-electron chi connectivity index (χ4n) is 4.13. The van der Waals surface area contributed by atoms with E-state index in [9.17, 15) is 8.42 Å². The number of aromatic nitrogens is 3. The van der Waals surface area contributed by atoms with Crippen LogP contribution in [0, 0.1) is 0 Å². The van der Waals surface area contributed by atoms with Gasteiger partial charge in [0.1, 0.15) is 5.52 Å². The molecule has 2 aliphatic rings. The highest BCUT2D eigenvalue weighted by Gasteiger charge is 2.28. The second kappa shape index (κ2) is 7.61. The quantitative estimate of drug-likeness (QED) is 0.771. The molecular weight excluding hydrogens is 378 g/mol. The van der Waals surface area contributed by atoms with E-state index in [1.807, 2.05) is 6.33 Å². The molecule has 2 saturated heterocycles. The monoisotopic (exact) mass is 407 g/mol. The van der Waals surface area contributed by atoms with E-state index in [-0.39, 0.29) is 5.92 Å². The molecule has 154 valence electrons. The van der Waals surface area contributed by atoms with Gasteiger partial charge in [0.05, 0.1) is 31.3 Å². The molecule has 2 aromatic rings. The third kappa shape index (κ3) is 3.75. The minimum Gasteiger partial charge on any atom is -0.378 e. The van der Waals surface area contributed by atoms with Crippen molar-refractivity contribution in [1.29, 1.82) is 0 Å². The van der Waals surface area contributed by atoms with Crippen LogP contribution in [-0.4, -0.2) is 72.9 Å². The van der Waals surface area contributed by atoms with E-state index in [0.717, 1.165) is 48.5 Å². The number of hydrogen-bond donors (Lipinski definition) is 0. The van der Waals surface area contributed by atoms with Crippen LogP contribution in [0.15, 0.2) is 12.4 Å². The van der Waals surface area contributed by atoms with Gasteiger partial charge in [-0.3, -0.25) is 0 Å². The van der Waals surface area contributed by atoms with Crippen LogP contribution >= 0.6 is 0 Å². The molecule has 0 N–H and O–H groups in total. The van der Waals surface area contributed by atoms with Gasteiger partial charge in [-0.05, 0) is 32.8 Å². The molecule has 0 radical (unpaired) electrons. The van der Waals surface area contributed by atoms with Crippen LogP contribution in [0.4, 0.5) is 5.82 Å². The fourth-order valence-corrected chi connectivity index (χ4v) is 5.01. The summed E-state index contributed by atoms with van der Waals surface area (Å²) in [7, 11) is -3.12. The number of ether oxygens (including phenoxy) is 1. The number of imidazole rings is 1. The summed E-state index contributed by atoms with van der Waals surface area (Å²) in [5.74, 6) is 1.19. The van der Waals surface area contributed by atoms with E-state index in [4.69, 9.17) is 9.72 Å². The first-order chi connectivity index (χ1) is 13.3. The number of fused-ring (bicyclic) bond motifs is 1. The number of sulfonamides is 1. The average Bonchev–Trinajstić information content (AvgIpc) is 3.11. The molecule has 0 aliphatic carbocycles. The van der Waals surface area contributed by atoms with E-state index in [0.29, 0.717) is 32.3 Å². The SMILES string of the molecule is CC(C)n1cnc2c(N3CCOCC3)nc(C3CCN(S(C)(=O)=O)CC3)cc21. The molecule has 0 atom stereocenters. The zero-order chi connectivity index (χ0) is 19.9. The molecule has 28 heavy (non-hydrogen) atoms. The van der Waals surface area contributed by atoms with Crippen molar-refractivity contribution in [1.82, 2.24) is 18.8 Å². The lowest BCUT2D eigenvalue weighted by molar-refractivity contribution is 0.122. The fraction of sp³-hybridized carbons (Fsp3) is 0.684. The van der Waals surface area contributed by atoms with Gasteiger partial charge in [-0.25, -0.2) is 22.7 Å². The van der Waals surface area contributed by atoms with Crippen molar-refractivity contribution < 1.29 is 13.2 Å². The van der Waals surface area contributed by atoms with E-state index < -0.39 is 10.0 Å². The van der Waals surface area contributed by atoms with Crippen LogP contribution in [0.5, 0.6) is 0 Å². The highest BCUT2D eigenvalue weighted by molar-refractivity contribution is 7.88. The smallest absolute Gasteiger partial charge is 0.211 e. The molecular formula is C19H29N5O3S.